The van der Waals surface area contributed by atoms with E-state index in [0.717, 1.165) is 0 Å². The van der Waals surface area contributed by atoms with Gasteiger partial charge in [-0.25, -0.2) is 4.39 Å². The molecule has 1 aromatic rings. The second-order valence-electron chi connectivity index (χ2n) is 3.25. The third-order valence-corrected chi connectivity index (χ3v) is 1.96. The van der Waals surface area contributed by atoms with Crippen LogP contribution in [-0.2, 0) is 4.79 Å². The van der Waals surface area contributed by atoms with Crippen molar-refractivity contribution in [2.75, 3.05) is 5.32 Å². The van der Waals surface area contributed by atoms with Crippen molar-refractivity contribution in [2.24, 2.45) is 0 Å². The van der Waals surface area contributed by atoms with Crippen LogP contribution in [-0.4, -0.2) is 23.1 Å². The molecular formula is C10H11BFNO3. The highest BCUT2D eigenvalue weighted by Crippen LogP contribution is 2.06. The zero-order valence-electron chi connectivity index (χ0n) is 8.64. The van der Waals surface area contributed by atoms with Crippen LogP contribution in [0.1, 0.15) is 6.92 Å². The molecular weight excluding hydrogens is 212 g/mol. The molecule has 0 unspecified atom stereocenters. The zero-order valence-corrected chi connectivity index (χ0v) is 8.64. The summed E-state index contributed by atoms with van der Waals surface area (Å²) in [5.41, 5.74) is 0.562. The number of halogens is 1. The Hall–Kier alpha value is -1.66. The lowest BCUT2D eigenvalue weighted by Gasteiger charge is -2.06. The lowest BCUT2D eigenvalue weighted by molar-refractivity contribution is -0.112. The summed E-state index contributed by atoms with van der Waals surface area (Å²) >= 11 is 0. The molecule has 0 atom stereocenters. The molecule has 0 aromatic heterocycles. The Morgan fingerprint density at radius 3 is 2.75 bits per heavy atom. The van der Waals surface area contributed by atoms with E-state index in [4.69, 9.17) is 10.0 Å². The number of rotatable bonds is 3. The van der Waals surface area contributed by atoms with Crippen LogP contribution in [0.3, 0.4) is 0 Å². The molecule has 1 rings (SSSR count). The van der Waals surface area contributed by atoms with Crippen LogP contribution in [0.25, 0.3) is 0 Å². The topological polar surface area (TPSA) is 69.6 Å². The molecule has 0 aliphatic rings. The van der Waals surface area contributed by atoms with E-state index in [0.29, 0.717) is 5.69 Å². The molecule has 3 N–H and O–H groups in total. The van der Waals surface area contributed by atoms with Crippen LogP contribution in [0.15, 0.2) is 36.2 Å². The fourth-order valence-electron chi connectivity index (χ4n) is 1.06. The van der Waals surface area contributed by atoms with E-state index in [2.05, 4.69) is 5.32 Å². The highest BCUT2D eigenvalue weighted by Gasteiger charge is 2.12. The quantitative estimate of drug-likeness (QED) is 0.505. The van der Waals surface area contributed by atoms with Crippen LogP contribution in [0.5, 0.6) is 0 Å². The largest absolute Gasteiger partial charge is 0.488 e. The summed E-state index contributed by atoms with van der Waals surface area (Å²) in [4.78, 5) is 11.3. The summed E-state index contributed by atoms with van der Waals surface area (Å²) in [6.07, 6.45) is 0.208. The van der Waals surface area contributed by atoms with Crippen LogP contribution >= 0.6 is 0 Å². The van der Waals surface area contributed by atoms with E-state index in [1.165, 1.54) is 19.1 Å². The molecule has 0 saturated heterocycles. The molecule has 0 radical (unpaired) electrons. The highest BCUT2D eigenvalue weighted by molar-refractivity contribution is 6.58. The molecule has 0 fully saturated rings. The molecule has 84 valence electrons. The SMILES string of the molecule is CC(=CF)C(=O)Nc1cccc(B(O)O)c1. The van der Waals surface area contributed by atoms with Gasteiger partial charge in [0.2, 0.25) is 0 Å². The molecule has 1 amide bonds. The minimum atomic E-state index is -1.60. The number of nitrogens with one attached hydrogen (secondary N) is 1. The molecule has 16 heavy (non-hydrogen) atoms. The Morgan fingerprint density at radius 1 is 1.50 bits per heavy atom. The number of benzene rings is 1. The Balaban J connectivity index is 2.82. The summed E-state index contributed by atoms with van der Waals surface area (Å²) in [5, 5.41) is 20.2. The van der Waals surface area contributed by atoms with E-state index in [-0.39, 0.29) is 17.4 Å². The molecule has 0 saturated carbocycles. The molecule has 0 aliphatic carbocycles. The van der Waals surface area contributed by atoms with Crippen LogP contribution in [0.4, 0.5) is 10.1 Å². The predicted molar refractivity (Wildman–Crippen MR) is 59.8 cm³/mol. The zero-order chi connectivity index (χ0) is 12.1. The normalized spacial score (nSPS) is 11.1. The minimum Gasteiger partial charge on any atom is -0.423 e. The van der Waals surface area contributed by atoms with Gasteiger partial charge < -0.3 is 15.4 Å². The van der Waals surface area contributed by atoms with Crippen molar-refractivity contribution in [2.45, 2.75) is 6.92 Å². The maximum atomic E-state index is 12.0. The lowest BCUT2D eigenvalue weighted by atomic mass is 9.80. The monoisotopic (exact) mass is 223 g/mol. The van der Waals surface area contributed by atoms with Gasteiger partial charge in [0.1, 0.15) is 0 Å². The fraction of sp³-hybridized carbons (Fsp3) is 0.100. The van der Waals surface area contributed by atoms with Crippen molar-refractivity contribution < 1.29 is 19.2 Å². The van der Waals surface area contributed by atoms with Crippen molar-refractivity contribution >= 4 is 24.2 Å². The maximum Gasteiger partial charge on any atom is 0.488 e. The van der Waals surface area contributed by atoms with Gasteiger partial charge in [-0.2, -0.15) is 0 Å². The first kappa shape index (κ1) is 12.4. The van der Waals surface area contributed by atoms with Crippen LogP contribution in [0.2, 0.25) is 0 Å². The minimum absolute atomic E-state index is 0.0602. The van der Waals surface area contributed by atoms with Gasteiger partial charge >= 0.3 is 7.12 Å². The Labute approximate surface area is 92.6 Å². The number of anilines is 1. The number of carbonyl (C=O) groups excluding carboxylic acids is 1. The lowest BCUT2D eigenvalue weighted by Crippen LogP contribution is -2.30. The standard InChI is InChI=1S/C10H11BFNO3/c1-7(6-12)10(14)13-9-4-2-3-8(5-9)11(15)16/h2-6,15-16H,1H3,(H,13,14). The van der Waals surface area contributed by atoms with E-state index < -0.39 is 13.0 Å². The predicted octanol–water partition coefficient (Wildman–Crippen LogP) is 0.178. The van der Waals surface area contributed by atoms with Gasteiger partial charge in [-0.15, -0.1) is 0 Å². The fourth-order valence-corrected chi connectivity index (χ4v) is 1.06. The van der Waals surface area contributed by atoms with Gasteiger partial charge in [0.05, 0.1) is 6.33 Å². The van der Waals surface area contributed by atoms with Crippen molar-refractivity contribution in [1.29, 1.82) is 0 Å². The first-order valence-electron chi connectivity index (χ1n) is 4.59. The summed E-state index contributed by atoms with van der Waals surface area (Å²) in [6.45, 7) is 1.33. The van der Waals surface area contributed by atoms with Gasteiger partial charge in [-0.1, -0.05) is 12.1 Å². The molecule has 0 bridgehead atoms. The van der Waals surface area contributed by atoms with Crippen molar-refractivity contribution in [1.82, 2.24) is 0 Å². The number of hydrogen-bond acceptors (Lipinski definition) is 3. The molecule has 1 aromatic carbocycles. The first-order valence-corrected chi connectivity index (χ1v) is 4.59. The summed E-state index contributed by atoms with van der Waals surface area (Å²) < 4.78 is 12.0. The number of carbonyl (C=O) groups is 1. The van der Waals surface area contributed by atoms with Crippen LogP contribution in [0, 0.1) is 0 Å². The third kappa shape index (κ3) is 3.18. The third-order valence-electron chi connectivity index (χ3n) is 1.96. The Morgan fingerprint density at radius 2 is 2.19 bits per heavy atom. The first-order chi connectivity index (χ1) is 7.54. The van der Waals surface area contributed by atoms with Crippen molar-refractivity contribution in [3.05, 3.63) is 36.2 Å². The second-order valence-corrected chi connectivity index (χ2v) is 3.25. The van der Waals surface area contributed by atoms with Crippen LogP contribution < -0.4 is 10.8 Å². The molecule has 6 heteroatoms. The van der Waals surface area contributed by atoms with Gasteiger partial charge in [-0.05, 0) is 24.5 Å². The maximum absolute atomic E-state index is 12.0. The molecule has 0 heterocycles. The summed E-state index contributed by atoms with van der Waals surface area (Å²) in [7, 11) is -1.60. The van der Waals surface area contributed by atoms with Crippen molar-refractivity contribution in [3.8, 4) is 0 Å². The van der Waals surface area contributed by atoms with Gasteiger partial charge in [0.25, 0.3) is 5.91 Å². The number of amides is 1. The Bertz CT molecular complexity index is 420. The molecule has 0 aliphatic heterocycles. The Kier molecular flexibility index (Phi) is 4.22. The average molecular weight is 223 g/mol. The number of hydrogen-bond donors (Lipinski definition) is 3. The average Bonchev–Trinajstić information content (AvgIpc) is 2.28. The van der Waals surface area contributed by atoms with E-state index in [1.807, 2.05) is 0 Å². The molecule has 4 nitrogen and oxygen atoms in total. The van der Waals surface area contributed by atoms with Crippen molar-refractivity contribution in [3.63, 3.8) is 0 Å². The second kappa shape index (κ2) is 5.43. The van der Waals surface area contributed by atoms with Gasteiger partial charge in [-0.3, -0.25) is 4.79 Å². The van der Waals surface area contributed by atoms with E-state index in [1.54, 1.807) is 12.1 Å². The summed E-state index contributed by atoms with van der Waals surface area (Å²) in [5.74, 6) is -0.577. The smallest absolute Gasteiger partial charge is 0.423 e. The summed E-state index contributed by atoms with van der Waals surface area (Å²) in [6, 6.07) is 6.01. The van der Waals surface area contributed by atoms with E-state index >= 15 is 0 Å². The molecule has 0 spiro atoms. The van der Waals surface area contributed by atoms with Gasteiger partial charge in [0.15, 0.2) is 0 Å². The highest BCUT2D eigenvalue weighted by atomic mass is 19.1. The van der Waals surface area contributed by atoms with Gasteiger partial charge in [0, 0.05) is 11.3 Å². The van der Waals surface area contributed by atoms with E-state index in [9.17, 15) is 9.18 Å².